The van der Waals surface area contributed by atoms with Gasteiger partial charge in [0.05, 0.1) is 11.6 Å². The lowest BCUT2D eigenvalue weighted by Crippen LogP contribution is -2.28. The molecule has 1 N–H and O–H groups in total. The van der Waals surface area contributed by atoms with Crippen LogP contribution in [0.3, 0.4) is 0 Å². The lowest BCUT2D eigenvalue weighted by atomic mass is 10.3. The molecule has 15 heavy (non-hydrogen) atoms. The fraction of sp³-hybridized carbons (Fsp3) is 0.400. The monoisotopic (exact) mass is 228 g/mol. The topological polar surface area (TPSA) is 49.4 Å². The normalized spacial score (nSPS) is 11.4. The maximum absolute atomic E-state index is 11.2. The molecule has 0 aliphatic heterocycles. The lowest BCUT2D eigenvalue weighted by Gasteiger charge is -2.18. The number of hydrogen-bond acceptors (Lipinski definition) is 4. The molecule has 0 heterocycles. The summed E-state index contributed by atoms with van der Waals surface area (Å²) in [5.41, 5.74) is 0.983. The first-order valence-electron chi connectivity index (χ1n) is 4.61. The second kappa shape index (κ2) is 4.63. The van der Waals surface area contributed by atoms with Crippen molar-refractivity contribution in [2.45, 2.75) is 4.90 Å². The Kier molecular flexibility index (Phi) is 3.71. The number of nitrogens with zero attached hydrogens (tertiary/aromatic N) is 1. The van der Waals surface area contributed by atoms with E-state index in [2.05, 4.69) is 5.32 Å². The van der Waals surface area contributed by atoms with Crippen LogP contribution in [0, 0.1) is 0 Å². The number of rotatable bonds is 4. The van der Waals surface area contributed by atoms with Gasteiger partial charge in [-0.3, -0.25) is 0 Å². The Bertz CT molecular complexity index is 412. The molecule has 0 saturated carbocycles. The molecule has 1 aromatic carbocycles. The highest BCUT2D eigenvalue weighted by Gasteiger charge is 2.07. The first-order chi connectivity index (χ1) is 6.95. The standard InChI is InChI=1S/C10H16N2O2S/c1-11-8-12(2)9-4-6-10(7-5-9)15(3,13)14/h4-7,11H,8H2,1-3H3. The molecule has 0 spiro atoms. The van der Waals surface area contributed by atoms with Crippen LogP contribution in [-0.4, -0.2) is 35.4 Å². The zero-order chi connectivity index (χ0) is 11.5. The zero-order valence-electron chi connectivity index (χ0n) is 9.19. The van der Waals surface area contributed by atoms with Gasteiger partial charge in [-0.05, 0) is 31.3 Å². The zero-order valence-corrected chi connectivity index (χ0v) is 10.0. The van der Waals surface area contributed by atoms with Crippen LogP contribution in [0.25, 0.3) is 0 Å². The quantitative estimate of drug-likeness (QED) is 0.771. The van der Waals surface area contributed by atoms with Crippen molar-refractivity contribution in [3.63, 3.8) is 0 Å². The summed E-state index contributed by atoms with van der Waals surface area (Å²) in [6.45, 7) is 0.720. The van der Waals surface area contributed by atoms with Crippen molar-refractivity contribution < 1.29 is 8.42 Å². The predicted molar refractivity (Wildman–Crippen MR) is 61.9 cm³/mol. The summed E-state index contributed by atoms with van der Waals surface area (Å²) in [4.78, 5) is 2.34. The Morgan fingerprint density at radius 1 is 1.27 bits per heavy atom. The summed E-state index contributed by atoms with van der Waals surface area (Å²) >= 11 is 0. The molecule has 4 nitrogen and oxygen atoms in total. The third-order valence-corrected chi connectivity index (χ3v) is 3.23. The molecule has 0 aliphatic rings. The summed E-state index contributed by atoms with van der Waals surface area (Å²) < 4.78 is 22.4. The molecule has 0 aliphatic carbocycles. The summed E-state index contributed by atoms with van der Waals surface area (Å²) in [5.74, 6) is 0. The van der Waals surface area contributed by atoms with Crippen molar-refractivity contribution in [3.05, 3.63) is 24.3 Å². The highest BCUT2D eigenvalue weighted by Crippen LogP contribution is 2.16. The molecular formula is C10H16N2O2S. The van der Waals surface area contributed by atoms with Crippen molar-refractivity contribution in [1.29, 1.82) is 0 Å². The SMILES string of the molecule is CNCN(C)c1ccc(S(C)(=O)=O)cc1. The van der Waals surface area contributed by atoms with E-state index in [9.17, 15) is 8.42 Å². The highest BCUT2D eigenvalue weighted by atomic mass is 32.2. The first kappa shape index (κ1) is 12.0. The van der Waals surface area contributed by atoms with Gasteiger partial charge in [0.1, 0.15) is 0 Å². The summed E-state index contributed by atoms with van der Waals surface area (Å²) in [6, 6.07) is 6.84. The minimum Gasteiger partial charge on any atom is -0.362 e. The van der Waals surface area contributed by atoms with E-state index in [1.807, 2.05) is 19.0 Å². The van der Waals surface area contributed by atoms with E-state index in [0.29, 0.717) is 4.90 Å². The van der Waals surface area contributed by atoms with Gasteiger partial charge in [-0.25, -0.2) is 8.42 Å². The van der Waals surface area contributed by atoms with E-state index in [-0.39, 0.29) is 0 Å². The first-order valence-corrected chi connectivity index (χ1v) is 6.50. The van der Waals surface area contributed by atoms with Gasteiger partial charge in [0.25, 0.3) is 0 Å². The van der Waals surface area contributed by atoms with Crippen molar-refractivity contribution in [2.75, 3.05) is 31.9 Å². The number of nitrogens with one attached hydrogen (secondary N) is 1. The van der Waals surface area contributed by atoms with Crippen LogP contribution in [0.2, 0.25) is 0 Å². The van der Waals surface area contributed by atoms with Gasteiger partial charge in [-0.2, -0.15) is 0 Å². The minimum atomic E-state index is -3.09. The fourth-order valence-electron chi connectivity index (χ4n) is 1.28. The van der Waals surface area contributed by atoms with E-state index >= 15 is 0 Å². The molecule has 0 saturated heterocycles. The van der Waals surface area contributed by atoms with Crippen LogP contribution < -0.4 is 10.2 Å². The molecule has 0 radical (unpaired) electrons. The molecule has 0 unspecified atom stereocenters. The number of anilines is 1. The van der Waals surface area contributed by atoms with Gasteiger partial charge in [-0.1, -0.05) is 0 Å². The van der Waals surface area contributed by atoms with E-state index < -0.39 is 9.84 Å². The largest absolute Gasteiger partial charge is 0.362 e. The van der Waals surface area contributed by atoms with E-state index in [1.165, 1.54) is 6.26 Å². The van der Waals surface area contributed by atoms with Crippen molar-refractivity contribution in [2.24, 2.45) is 0 Å². The van der Waals surface area contributed by atoms with Gasteiger partial charge >= 0.3 is 0 Å². The maximum Gasteiger partial charge on any atom is 0.175 e. The molecule has 0 atom stereocenters. The molecule has 84 valence electrons. The Balaban J connectivity index is 2.90. The number of sulfone groups is 1. The van der Waals surface area contributed by atoms with Crippen LogP contribution in [0.4, 0.5) is 5.69 Å². The van der Waals surface area contributed by atoms with Crippen LogP contribution in [0.5, 0.6) is 0 Å². The molecule has 1 aromatic rings. The summed E-state index contributed by atoms with van der Waals surface area (Å²) in [5, 5.41) is 3.02. The maximum atomic E-state index is 11.2. The second-order valence-electron chi connectivity index (χ2n) is 3.48. The fourth-order valence-corrected chi connectivity index (χ4v) is 1.91. The Morgan fingerprint density at radius 3 is 2.20 bits per heavy atom. The van der Waals surface area contributed by atoms with Gasteiger partial charge in [0.2, 0.25) is 0 Å². The average Bonchev–Trinajstić information content (AvgIpc) is 2.17. The predicted octanol–water partition coefficient (Wildman–Crippen LogP) is 0.703. The van der Waals surface area contributed by atoms with Crippen LogP contribution in [-0.2, 0) is 9.84 Å². The molecule has 5 heteroatoms. The Labute approximate surface area is 90.8 Å². The van der Waals surface area contributed by atoms with Crippen molar-refractivity contribution in [3.8, 4) is 0 Å². The molecule has 0 fully saturated rings. The van der Waals surface area contributed by atoms with Crippen LogP contribution >= 0.6 is 0 Å². The Morgan fingerprint density at radius 2 is 1.80 bits per heavy atom. The van der Waals surface area contributed by atoms with Crippen LogP contribution in [0.15, 0.2) is 29.2 Å². The highest BCUT2D eigenvalue weighted by molar-refractivity contribution is 7.90. The van der Waals surface area contributed by atoms with Crippen molar-refractivity contribution in [1.82, 2.24) is 5.32 Å². The number of benzene rings is 1. The molecule has 0 amide bonds. The summed E-state index contributed by atoms with van der Waals surface area (Å²) in [7, 11) is 0.707. The smallest absolute Gasteiger partial charge is 0.175 e. The van der Waals surface area contributed by atoms with Crippen LogP contribution in [0.1, 0.15) is 0 Å². The number of hydrogen-bond donors (Lipinski definition) is 1. The molecule has 0 bridgehead atoms. The van der Waals surface area contributed by atoms with E-state index in [4.69, 9.17) is 0 Å². The van der Waals surface area contributed by atoms with Gasteiger partial charge in [0, 0.05) is 19.0 Å². The molecule has 0 aromatic heterocycles. The van der Waals surface area contributed by atoms with Crippen molar-refractivity contribution >= 4 is 15.5 Å². The minimum absolute atomic E-state index is 0.351. The summed E-state index contributed by atoms with van der Waals surface area (Å²) in [6.07, 6.45) is 1.21. The molecule has 1 rings (SSSR count). The Hall–Kier alpha value is -1.07. The third kappa shape index (κ3) is 3.21. The average molecular weight is 228 g/mol. The lowest BCUT2D eigenvalue weighted by molar-refractivity contribution is 0.602. The van der Waals surface area contributed by atoms with E-state index in [1.54, 1.807) is 24.3 Å². The van der Waals surface area contributed by atoms with Gasteiger partial charge in [0.15, 0.2) is 9.84 Å². The third-order valence-electron chi connectivity index (χ3n) is 2.10. The second-order valence-corrected chi connectivity index (χ2v) is 5.49. The van der Waals surface area contributed by atoms with Gasteiger partial charge in [-0.15, -0.1) is 0 Å². The van der Waals surface area contributed by atoms with Gasteiger partial charge < -0.3 is 10.2 Å². The molecular weight excluding hydrogens is 212 g/mol. The van der Waals surface area contributed by atoms with E-state index in [0.717, 1.165) is 12.4 Å².